The van der Waals surface area contributed by atoms with Crippen molar-refractivity contribution >= 4 is 28.2 Å². The molecule has 0 saturated carbocycles. The van der Waals surface area contributed by atoms with Crippen LogP contribution in [0.5, 0.6) is 5.75 Å². The molecule has 1 aromatic carbocycles. The molecule has 0 amide bonds. The van der Waals surface area contributed by atoms with E-state index in [-0.39, 0.29) is 10.9 Å². The number of H-pyrrole nitrogens is 1. The number of halogens is 1. The number of rotatable bonds is 1. The van der Waals surface area contributed by atoms with Gasteiger partial charge in [0.1, 0.15) is 0 Å². The first-order chi connectivity index (χ1) is 8.04. The zero-order valence-electron chi connectivity index (χ0n) is 8.23. The maximum atomic E-state index is 11.7. The summed E-state index contributed by atoms with van der Waals surface area (Å²) in [7, 11) is 0. The van der Waals surface area contributed by atoms with Crippen LogP contribution in [0.15, 0.2) is 33.0 Å². The zero-order chi connectivity index (χ0) is 12.6. The minimum Gasteiger partial charge on any atom is -0.502 e. The van der Waals surface area contributed by atoms with E-state index in [0.29, 0.717) is 5.02 Å². The maximum Gasteiger partial charge on any atom is 0.281 e. The molecule has 0 aliphatic heterocycles. The summed E-state index contributed by atoms with van der Waals surface area (Å²) in [6.07, 6.45) is 0. The van der Waals surface area contributed by atoms with E-state index in [9.17, 15) is 19.6 Å². The van der Waals surface area contributed by atoms with Crippen LogP contribution in [0.25, 0.3) is 10.9 Å². The van der Waals surface area contributed by atoms with E-state index in [4.69, 9.17) is 11.6 Å². The first kappa shape index (κ1) is 11.3. The molecule has 2 rings (SSSR count). The van der Waals surface area contributed by atoms with Crippen LogP contribution >= 0.6 is 11.6 Å². The Hall–Kier alpha value is -2.21. The third-order valence-electron chi connectivity index (χ3n) is 2.22. The summed E-state index contributed by atoms with van der Waals surface area (Å²) in [4.78, 5) is 35.8. The lowest BCUT2D eigenvalue weighted by Gasteiger charge is -1.91. The van der Waals surface area contributed by atoms with E-state index in [1.165, 1.54) is 18.2 Å². The lowest BCUT2D eigenvalue weighted by atomic mass is 10.2. The number of nitrogens with one attached hydrogen (secondary N) is 1. The summed E-state index contributed by atoms with van der Waals surface area (Å²) in [5.41, 5.74) is -2.53. The lowest BCUT2D eigenvalue weighted by molar-refractivity contribution is 0.472. The molecule has 0 spiro atoms. The van der Waals surface area contributed by atoms with Crippen LogP contribution in [0.1, 0.15) is 0 Å². The maximum absolute atomic E-state index is 11.7. The molecule has 1 heterocycles. The molecule has 7 heteroatoms. The van der Waals surface area contributed by atoms with Gasteiger partial charge in [0.15, 0.2) is 5.75 Å². The van der Waals surface area contributed by atoms with Gasteiger partial charge in [-0.1, -0.05) is 11.6 Å². The van der Waals surface area contributed by atoms with Crippen LogP contribution in [0.2, 0.25) is 5.02 Å². The molecule has 0 fully saturated rings. The van der Waals surface area contributed by atoms with Gasteiger partial charge in [-0.05, 0) is 23.4 Å². The Morgan fingerprint density at radius 3 is 2.65 bits per heavy atom. The largest absolute Gasteiger partial charge is 0.502 e. The van der Waals surface area contributed by atoms with Crippen LogP contribution in [0, 0.1) is 4.91 Å². The second-order valence-electron chi connectivity index (χ2n) is 3.26. The molecule has 0 aliphatic rings. The van der Waals surface area contributed by atoms with Gasteiger partial charge < -0.3 is 10.1 Å². The zero-order valence-corrected chi connectivity index (χ0v) is 8.99. The van der Waals surface area contributed by atoms with Crippen molar-refractivity contribution in [3.63, 3.8) is 0 Å². The third-order valence-corrected chi connectivity index (χ3v) is 2.46. The fraction of sp³-hybridized carbons (Fsp3) is 0. The average Bonchev–Trinajstić information content (AvgIpc) is 2.36. The van der Waals surface area contributed by atoms with Gasteiger partial charge in [-0.15, -0.1) is 4.91 Å². The third kappa shape index (κ3) is 1.78. The van der Waals surface area contributed by atoms with Crippen LogP contribution < -0.4 is 11.0 Å². The van der Waals surface area contributed by atoms with Gasteiger partial charge >= 0.3 is 0 Å². The summed E-state index contributed by atoms with van der Waals surface area (Å²) in [6.45, 7) is 0. The van der Waals surface area contributed by atoms with E-state index >= 15 is 0 Å². The highest BCUT2D eigenvalue weighted by Gasteiger charge is 2.12. The first-order valence-corrected chi connectivity index (χ1v) is 4.84. The molecule has 0 bridgehead atoms. The SMILES string of the molecule is O=Nc1c(O)c(=O)c2ccc(Cl)cc2[nH]c1=O. The Balaban J connectivity index is 3.16. The fourth-order valence-corrected chi connectivity index (χ4v) is 1.60. The summed E-state index contributed by atoms with van der Waals surface area (Å²) in [6, 6.07) is 4.11. The number of nitrogens with zero attached hydrogens (tertiary/aromatic N) is 1. The first-order valence-electron chi connectivity index (χ1n) is 4.47. The number of aromatic nitrogens is 1. The van der Waals surface area contributed by atoms with E-state index < -0.39 is 22.4 Å². The summed E-state index contributed by atoms with van der Waals surface area (Å²) in [5, 5.41) is 12.1. The lowest BCUT2D eigenvalue weighted by Crippen LogP contribution is -2.01. The van der Waals surface area contributed by atoms with Gasteiger partial charge in [0.2, 0.25) is 11.1 Å². The number of aromatic amines is 1. The molecule has 2 N–H and O–H groups in total. The summed E-state index contributed by atoms with van der Waals surface area (Å²) in [5.74, 6) is -0.974. The fourth-order valence-electron chi connectivity index (χ4n) is 1.43. The van der Waals surface area contributed by atoms with Crippen molar-refractivity contribution in [1.82, 2.24) is 4.98 Å². The molecule has 0 aliphatic carbocycles. The topological polar surface area (TPSA) is 99.6 Å². The number of hydrogen-bond acceptors (Lipinski definition) is 5. The van der Waals surface area contributed by atoms with Crippen LogP contribution in [-0.2, 0) is 0 Å². The van der Waals surface area contributed by atoms with Crippen molar-refractivity contribution in [2.75, 3.05) is 0 Å². The van der Waals surface area contributed by atoms with Crippen molar-refractivity contribution in [3.8, 4) is 5.75 Å². The molecule has 0 saturated heterocycles. The van der Waals surface area contributed by atoms with Crippen molar-refractivity contribution in [3.05, 3.63) is 48.7 Å². The number of nitroso groups, excluding NO2 is 1. The van der Waals surface area contributed by atoms with Crippen molar-refractivity contribution < 1.29 is 5.11 Å². The molecular weight excluding hydrogens is 248 g/mol. The summed E-state index contributed by atoms with van der Waals surface area (Å²) >= 11 is 5.71. The summed E-state index contributed by atoms with van der Waals surface area (Å²) < 4.78 is 0. The van der Waals surface area contributed by atoms with E-state index in [1.807, 2.05) is 0 Å². The van der Waals surface area contributed by atoms with E-state index in [2.05, 4.69) is 10.2 Å². The van der Waals surface area contributed by atoms with Gasteiger partial charge in [0.05, 0.1) is 5.52 Å². The molecule has 0 unspecified atom stereocenters. The van der Waals surface area contributed by atoms with Gasteiger partial charge in [0, 0.05) is 10.4 Å². The normalized spacial score (nSPS) is 10.4. The Kier molecular flexibility index (Phi) is 2.64. The highest BCUT2D eigenvalue weighted by molar-refractivity contribution is 6.31. The molecule has 0 atom stereocenters. The van der Waals surface area contributed by atoms with Crippen LogP contribution in [0.3, 0.4) is 0 Å². The Morgan fingerprint density at radius 2 is 2.00 bits per heavy atom. The molecule has 2 aromatic rings. The molecule has 1 aromatic heterocycles. The second-order valence-corrected chi connectivity index (χ2v) is 3.70. The molecule has 17 heavy (non-hydrogen) atoms. The number of fused-ring (bicyclic) bond motifs is 1. The average molecular weight is 253 g/mol. The highest BCUT2D eigenvalue weighted by Crippen LogP contribution is 2.19. The van der Waals surface area contributed by atoms with Crippen molar-refractivity contribution in [1.29, 1.82) is 0 Å². The quantitative estimate of drug-likeness (QED) is 0.754. The van der Waals surface area contributed by atoms with Gasteiger partial charge in [-0.2, -0.15) is 0 Å². The van der Waals surface area contributed by atoms with E-state index in [1.54, 1.807) is 0 Å². The smallest absolute Gasteiger partial charge is 0.281 e. The molecule has 86 valence electrons. The predicted octanol–water partition coefficient (Wildman–Crippen LogP) is 1.65. The van der Waals surface area contributed by atoms with Gasteiger partial charge in [0.25, 0.3) is 5.56 Å². The predicted molar refractivity (Wildman–Crippen MR) is 63.0 cm³/mol. The van der Waals surface area contributed by atoms with Gasteiger partial charge in [-0.3, -0.25) is 9.59 Å². The van der Waals surface area contributed by atoms with Crippen molar-refractivity contribution in [2.45, 2.75) is 0 Å². The Morgan fingerprint density at radius 1 is 1.29 bits per heavy atom. The minimum atomic E-state index is -0.974. The van der Waals surface area contributed by atoms with E-state index in [0.717, 1.165) is 0 Å². The van der Waals surface area contributed by atoms with Crippen LogP contribution in [-0.4, -0.2) is 10.1 Å². The minimum absolute atomic E-state index is 0.0406. The second kappa shape index (κ2) is 3.99. The Labute approximate surface area is 98.5 Å². The Bertz CT molecular complexity index is 739. The highest BCUT2D eigenvalue weighted by atomic mass is 35.5. The number of aromatic hydroxyl groups is 1. The van der Waals surface area contributed by atoms with Crippen molar-refractivity contribution in [2.24, 2.45) is 5.18 Å². The van der Waals surface area contributed by atoms with Gasteiger partial charge in [-0.25, -0.2) is 0 Å². The standard InChI is InChI=1S/C10H5ClN2O4/c11-4-1-2-5-6(3-4)12-10(16)7(13-17)9(15)8(5)14/h1-3H,(H,12,16)(H,14,15). The molecular formula is C10H5ClN2O4. The van der Waals surface area contributed by atoms with Crippen LogP contribution in [0.4, 0.5) is 5.69 Å². The monoisotopic (exact) mass is 252 g/mol. The number of hydrogen-bond donors (Lipinski definition) is 2. The number of benzene rings is 1. The molecule has 6 nitrogen and oxygen atoms in total. The molecule has 0 radical (unpaired) electrons.